The first-order chi connectivity index (χ1) is 10.00. The maximum atomic E-state index is 12.5. The Morgan fingerprint density at radius 2 is 2.05 bits per heavy atom. The lowest BCUT2D eigenvalue weighted by molar-refractivity contribution is -0.137. The number of rotatable bonds is 1. The van der Waals surface area contributed by atoms with Crippen LogP contribution in [0.1, 0.15) is 36.0 Å². The van der Waals surface area contributed by atoms with Gasteiger partial charge in [0.1, 0.15) is 11.6 Å². The van der Waals surface area contributed by atoms with Crippen molar-refractivity contribution in [2.45, 2.75) is 25.7 Å². The van der Waals surface area contributed by atoms with Crippen molar-refractivity contribution in [2.75, 3.05) is 18.8 Å². The Bertz CT molecular complexity index is 626. The van der Waals surface area contributed by atoms with Crippen molar-refractivity contribution < 1.29 is 14.4 Å². The zero-order valence-electron chi connectivity index (χ0n) is 11.8. The zero-order chi connectivity index (χ0) is 15.0. The molecule has 21 heavy (non-hydrogen) atoms. The number of hydrogen-bond acceptors (Lipinski definition) is 4. The van der Waals surface area contributed by atoms with Crippen LogP contribution >= 0.6 is 0 Å². The fourth-order valence-corrected chi connectivity index (χ4v) is 3.30. The molecule has 3 rings (SSSR count). The summed E-state index contributed by atoms with van der Waals surface area (Å²) >= 11 is 0. The molecule has 1 heterocycles. The summed E-state index contributed by atoms with van der Waals surface area (Å²) in [6.07, 6.45) is 1.71. The molecule has 1 aliphatic carbocycles. The molecule has 110 valence electrons. The predicted octanol–water partition coefficient (Wildman–Crippen LogP) is 1.42. The minimum Gasteiger partial charge on any atom is -0.399 e. The van der Waals surface area contributed by atoms with Crippen molar-refractivity contribution in [2.24, 2.45) is 5.41 Å². The first kappa shape index (κ1) is 13.8. The topological polar surface area (TPSA) is 80.5 Å². The Morgan fingerprint density at radius 3 is 2.76 bits per heavy atom. The fraction of sp³-hybridized carbons (Fsp3) is 0.438. The Morgan fingerprint density at radius 1 is 1.24 bits per heavy atom. The molecular formula is C16H18N2O3. The van der Waals surface area contributed by atoms with E-state index in [1.165, 1.54) is 0 Å². The lowest BCUT2D eigenvalue weighted by Crippen LogP contribution is -2.41. The van der Waals surface area contributed by atoms with E-state index in [0.717, 1.165) is 0 Å². The number of benzene rings is 1. The highest BCUT2D eigenvalue weighted by molar-refractivity contribution is 6.05. The maximum absolute atomic E-state index is 12.5. The first-order valence-electron chi connectivity index (χ1n) is 7.20. The molecule has 1 saturated heterocycles. The average Bonchev–Trinajstić information content (AvgIpc) is 2.88. The summed E-state index contributed by atoms with van der Waals surface area (Å²) in [5.41, 5.74) is 6.31. The number of ketones is 2. The molecule has 1 aromatic carbocycles. The third-order valence-corrected chi connectivity index (χ3v) is 4.61. The second kappa shape index (κ2) is 4.98. The molecule has 0 aromatic heterocycles. The summed E-state index contributed by atoms with van der Waals surface area (Å²) in [7, 11) is 0. The van der Waals surface area contributed by atoms with Gasteiger partial charge in [0.25, 0.3) is 5.91 Å². The number of nitrogen functional groups attached to an aromatic ring is 1. The smallest absolute Gasteiger partial charge is 0.253 e. The van der Waals surface area contributed by atoms with Crippen molar-refractivity contribution in [1.29, 1.82) is 0 Å². The van der Waals surface area contributed by atoms with Crippen LogP contribution in [0.15, 0.2) is 24.3 Å². The number of anilines is 1. The second-order valence-electron chi connectivity index (χ2n) is 6.02. The number of carbonyl (C=O) groups excluding carboxylic acids is 3. The van der Waals surface area contributed by atoms with Gasteiger partial charge in [-0.25, -0.2) is 0 Å². The van der Waals surface area contributed by atoms with Crippen molar-refractivity contribution in [3.05, 3.63) is 29.8 Å². The largest absolute Gasteiger partial charge is 0.399 e. The Labute approximate surface area is 123 Å². The van der Waals surface area contributed by atoms with Crippen LogP contribution in [0.25, 0.3) is 0 Å². The third-order valence-electron chi connectivity index (χ3n) is 4.61. The van der Waals surface area contributed by atoms with E-state index < -0.39 is 5.41 Å². The molecule has 1 saturated carbocycles. The zero-order valence-corrected chi connectivity index (χ0v) is 11.8. The monoisotopic (exact) mass is 286 g/mol. The SMILES string of the molecule is Nc1cccc(C(=O)N2CCC3(CCC(=O)CC3=O)C2)c1. The van der Waals surface area contributed by atoms with Gasteiger partial charge in [0.15, 0.2) is 0 Å². The van der Waals surface area contributed by atoms with E-state index in [1.54, 1.807) is 29.2 Å². The van der Waals surface area contributed by atoms with Gasteiger partial charge >= 0.3 is 0 Å². The van der Waals surface area contributed by atoms with Crippen LogP contribution in [0.4, 0.5) is 5.69 Å². The third kappa shape index (κ3) is 2.44. The number of Topliss-reactive ketones (excluding diaryl/α,β-unsaturated/α-hetero) is 2. The van der Waals surface area contributed by atoms with Gasteiger partial charge in [0.2, 0.25) is 0 Å². The average molecular weight is 286 g/mol. The van der Waals surface area contributed by atoms with Crippen LogP contribution in [-0.4, -0.2) is 35.5 Å². The molecular weight excluding hydrogens is 268 g/mol. The summed E-state index contributed by atoms with van der Waals surface area (Å²) in [5, 5.41) is 0. The van der Waals surface area contributed by atoms with Gasteiger partial charge in [0, 0.05) is 36.2 Å². The molecule has 1 aliphatic heterocycles. The van der Waals surface area contributed by atoms with Crippen LogP contribution in [0.5, 0.6) is 0 Å². The molecule has 1 spiro atoms. The van der Waals surface area contributed by atoms with Crippen molar-refractivity contribution >= 4 is 23.2 Å². The van der Waals surface area contributed by atoms with Crippen LogP contribution in [0, 0.1) is 5.41 Å². The Hall–Kier alpha value is -2.17. The van der Waals surface area contributed by atoms with Crippen molar-refractivity contribution in [3.63, 3.8) is 0 Å². The normalized spacial score (nSPS) is 25.6. The summed E-state index contributed by atoms with van der Waals surface area (Å²) in [4.78, 5) is 37.8. The van der Waals surface area contributed by atoms with E-state index in [9.17, 15) is 14.4 Å². The highest BCUT2D eigenvalue weighted by Gasteiger charge is 2.48. The second-order valence-corrected chi connectivity index (χ2v) is 6.02. The van der Waals surface area contributed by atoms with E-state index in [-0.39, 0.29) is 23.9 Å². The fourth-order valence-electron chi connectivity index (χ4n) is 3.30. The predicted molar refractivity (Wildman–Crippen MR) is 77.7 cm³/mol. The lowest BCUT2D eigenvalue weighted by Gasteiger charge is -2.30. The number of carbonyl (C=O) groups is 3. The number of amides is 1. The van der Waals surface area contributed by atoms with Gasteiger partial charge in [-0.15, -0.1) is 0 Å². The molecule has 2 N–H and O–H groups in total. The van der Waals surface area contributed by atoms with Gasteiger partial charge in [-0.2, -0.15) is 0 Å². The lowest BCUT2D eigenvalue weighted by atomic mass is 9.72. The van der Waals surface area contributed by atoms with E-state index in [0.29, 0.717) is 43.6 Å². The summed E-state index contributed by atoms with van der Waals surface area (Å²) in [6.45, 7) is 0.986. The van der Waals surface area contributed by atoms with Crippen LogP contribution < -0.4 is 5.73 Å². The molecule has 0 radical (unpaired) electrons. The van der Waals surface area contributed by atoms with Gasteiger partial charge in [0.05, 0.1) is 6.42 Å². The standard InChI is InChI=1S/C16H18N2O3/c17-12-3-1-2-11(8-12)15(21)18-7-6-16(10-18)5-4-13(19)9-14(16)20/h1-3,8H,4-7,9-10,17H2. The minimum absolute atomic E-state index is 0.00151. The van der Waals surface area contributed by atoms with Crippen LogP contribution in [0.3, 0.4) is 0 Å². The minimum atomic E-state index is -0.496. The molecule has 5 nitrogen and oxygen atoms in total. The quantitative estimate of drug-likeness (QED) is 0.625. The number of hydrogen-bond donors (Lipinski definition) is 1. The maximum Gasteiger partial charge on any atom is 0.253 e. The molecule has 5 heteroatoms. The summed E-state index contributed by atoms with van der Waals surface area (Å²) in [6, 6.07) is 6.87. The molecule has 2 fully saturated rings. The molecule has 1 amide bonds. The highest BCUT2D eigenvalue weighted by atomic mass is 16.2. The highest BCUT2D eigenvalue weighted by Crippen LogP contribution is 2.40. The van der Waals surface area contributed by atoms with E-state index in [2.05, 4.69) is 0 Å². The number of nitrogens with zero attached hydrogens (tertiary/aromatic N) is 1. The molecule has 1 unspecified atom stereocenters. The number of nitrogens with two attached hydrogens (primary N) is 1. The van der Waals surface area contributed by atoms with Gasteiger partial charge in [-0.05, 0) is 31.0 Å². The van der Waals surface area contributed by atoms with Gasteiger partial charge < -0.3 is 10.6 Å². The molecule has 1 aromatic rings. The summed E-state index contributed by atoms with van der Waals surface area (Å²) < 4.78 is 0. The molecule has 2 aliphatic rings. The molecule has 0 bridgehead atoms. The van der Waals surface area contributed by atoms with Crippen LogP contribution in [-0.2, 0) is 9.59 Å². The Balaban J connectivity index is 1.76. The number of likely N-dealkylation sites (tertiary alicyclic amines) is 1. The summed E-state index contributed by atoms with van der Waals surface area (Å²) in [5.74, 6) is -0.0725. The van der Waals surface area contributed by atoms with Crippen LogP contribution in [0.2, 0.25) is 0 Å². The first-order valence-corrected chi connectivity index (χ1v) is 7.20. The van der Waals surface area contributed by atoms with E-state index >= 15 is 0 Å². The van der Waals surface area contributed by atoms with E-state index in [1.807, 2.05) is 0 Å². The Kier molecular flexibility index (Phi) is 3.27. The van der Waals surface area contributed by atoms with Crippen molar-refractivity contribution in [3.8, 4) is 0 Å². The van der Waals surface area contributed by atoms with Gasteiger partial charge in [-0.1, -0.05) is 6.07 Å². The van der Waals surface area contributed by atoms with Crippen molar-refractivity contribution in [1.82, 2.24) is 4.90 Å². The van der Waals surface area contributed by atoms with E-state index in [4.69, 9.17) is 5.73 Å². The molecule has 1 atom stereocenters. The van der Waals surface area contributed by atoms with Gasteiger partial charge in [-0.3, -0.25) is 14.4 Å².